The Morgan fingerprint density at radius 2 is 1.85 bits per heavy atom. The number of hydrogen-bond donors (Lipinski definition) is 3. The molecule has 0 aliphatic heterocycles. The molecule has 3 N–H and O–H groups in total. The fraction of sp³-hybridized carbons (Fsp3) is 0.267. The van der Waals surface area contributed by atoms with E-state index in [2.05, 4.69) is 40.9 Å². The highest BCUT2D eigenvalue weighted by Crippen LogP contribution is 2.32. The van der Waals surface area contributed by atoms with E-state index in [0.29, 0.717) is 18.1 Å². The van der Waals surface area contributed by atoms with E-state index in [1.165, 1.54) is 6.07 Å². The number of amides is 2. The molecule has 2 amide bonds. The highest BCUT2D eigenvalue weighted by atomic mass is 35.5. The summed E-state index contributed by atoms with van der Waals surface area (Å²) in [6.45, 7) is 10.6. The highest BCUT2D eigenvalue weighted by molar-refractivity contribution is 7.99. The number of hydrogen-bond acceptors (Lipinski definition) is 6. The number of halogens is 1. The molecule has 0 aliphatic rings. The van der Waals surface area contributed by atoms with E-state index in [-0.39, 0.29) is 28.1 Å². The predicted octanol–water partition coefficient (Wildman–Crippen LogP) is 7.17. The smallest absolute Gasteiger partial charge is 0.320 e. The normalized spacial score (nSPS) is 11.8. The lowest BCUT2D eigenvalue weighted by Crippen LogP contribution is -2.29. The minimum absolute atomic E-state index is 0.0645. The Kier molecular flexibility index (Phi) is 7.97. The fourth-order valence-electron chi connectivity index (χ4n) is 4.22. The molecular weight excluding hydrogens is 558 g/mol. The summed E-state index contributed by atoms with van der Waals surface area (Å²) < 4.78 is 3.61. The molecule has 5 rings (SSSR count). The van der Waals surface area contributed by atoms with Crippen molar-refractivity contribution in [3.05, 3.63) is 89.0 Å². The van der Waals surface area contributed by atoms with Gasteiger partial charge in [0.2, 0.25) is 0 Å². The summed E-state index contributed by atoms with van der Waals surface area (Å²) in [5.41, 5.74) is 2.90. The highest BCUT2D eigenvalue weighted by Gasteiger charge is 2.22. The molecule has 0 spiro atoms. The molecule has 0 saturated heterocycles. The molecule has 11 heteroatoms. The van der Waals surface area contributed by atoms with E-state index in [1.807, 2.05) is 67.6 Å². The number of anilines is 1. The van der Waals surface area contributed by atoms with Gasteiger partial charge >= 0.3 is 6.03 Å². The van der Waals surface area contributed by atoms with Gasteiger partial charge in [-0.3, -0.25) is 9.72 Å². The second kappa shape index (κ2) is 11.5. The van der Waals surface area contributed by atoms with Crippen LogP contribution in [-0.4, -0.2) is 35.5 Å². The summed E-state index contributed by atoms with van der Waals surface area (Å²) in [6.07, 6.45) is 2.05. The second-order valence-electron chi connectivity index (χ2n) is 11.0. The molecule has 41 heavy (non-hydrogen) atoms. The first-order valence-corrected chi connectivity index (χ1v) is 14.4. The average molecular weight is 590 g/mol. The molecule has 0 saturated carbocycles. The first-order valence-electron chi connectivity index (χ1n) is 13.2. The van der Waals surface area contributed by atoms with Crippen LogP contribution in [0, 0.1) is 0 Å². The van der Waals surface area contributed by atoms with Gasteiger partial charge in [-0.2, -0.15) is 5.10 Å². The molecule has 0 unspecified atom stereocenters. The number of carbonyl (C=O) groups is 1. The van der Waals surface area contributed by atoms with Gasteiger partial charge in [-0.25, -0.2) is 9.48 Å². The maximum atomic E-state index is 13.1. The summed E-state index contributed by atoms with van der Waals surface area (Å²) in [5.74, 6) is 1.57. The summed E-state index contributed by atoms with van der Waals surface area (Å²) in [7, 11) is 0. The van der Waals surface area contributed by atoms with Gasteiger partial charge in [0.05, 0.1) is 16.4 Å². The van der Waals surface area contributed by atoms with Gasteiger partial charge in [-0.15, -0.1) is 10.2 Å². The van der Waals surface area contributed by atoms with Crippen molar-refractivity contribution in [2.45, 2.75) is 62.3 Å². The van der Waals surface area contributed by atoms with Crippen molar-refractivity contribution in [1.29, 1.82) is 0 Å². The number of carbonyl (C=O) groups excluding carboxylic acids is 1. The molecule has 0 bridgehead atoms. The van der Waals surface area contributed by atoms with Crippen LogP contribution in [0.4, 0.5) is 10.6 Å². The van der Waals surface area contributed by atoms with Crippen LogP contribution in [0.15, 0.2) is 76.7 Å². The Hall–Kier alpha value is -4.02. The van der Waals surface area contributed by atoms with Crippen LogP contribution >= 0.6 is 23.4 Å². The zero-order valence-electron chi connectivity index (χ0n) is 23.5. The van der Waals surface area contributed by atoms with Crippen LogP contribution in [0.5, 0.6) is 5.75 Å². The Morgan fingerprint density at radius 3 is 2.59 bits per heavy atom. The molecule has 5 aromatic rings. The zero-order chi connectivity index (χ0) is 29.3. The fourth-order valence-corrected chi connectivity index (χ4v) is 5.31. The monoisotopic (exact) mass is 589 g/mol. The number of aromatic nitrogens is 5. The lowest BCUT2D eigenvalue weighted by Gasteiger charge is -2.14. The van der Waals surface area contributed by atoms with Crippen LogP contribution in [-0.2, 0) is 12.0 Å². The maximum absolute atomic E-state index is 13.1. The van der Waals surface area contributed by atoms with Gasteiger partial charge in [0.15, 0.2) is 5.65 Å². The molecule has 0 radical (unpaired) electrons. The lowest BCUT2D eigenvalue weighted by atomic mass is 9.92. The molecule has 3 heterocycles. The first-order chi connectivity index (χ1) is 19.5. The third kappa shape index (κ3) is 6.34. The van der Waals surface area contributed by atoms with Gasteiger partial charge in [0.1, 0.15) is 17.4 Å². The maximum Gasteiger partial charge on any atom is 0.320 e. The van der Waals surface area contributed by atoms with Crippen molar-refractivity contribution in [3.63, 3.8) is 0 Å². The largest absolute Gasteiger partial charge is 0.506 e. The number of nitrogens with zero attached hydrogens (tertiary/aromatic N) is 5. The molecule has 3 aromatic heterocycles. The Bertz CT molecular complexity index is 1720. The number of urea groups is 1. The average Bonchev–Trinajstić information content (AvgIpc) is 3.54. The minimum Gasteiger partial charge on any atom is -0.506 e. The number of nitrogens with one attached hydrogen (secondary N) is 2. The molecule has 0 atom stereocenters. The number of aromatic hydroxyl groups is 1. The number of phenols is 1. The van der Waals surface area contributed by atoms with E-state index < -0.39 is 0 Å². The van der Waals surface area contributed by atoms with Gasteiger partial charge in [0, 0.05) is 46.0 Å². The SMILES string of the molecule is CC(C)c1nnc2ccc(Sc3ccccc3CNC(=O)Nc3cc(C(C)(C)C)nn3-c3ccc(Cl)c(O)c3)cn12. The lowest BCUT2D eigenvalue weighted by molar-refractivity contribution is 0.251. The molecule has 0 fully saturated rings. The number of benzene rings is 2. The summed E-state index contributed by atoms with van der Waals surface area (Å²) in [4.78, 5) is 15.2. The van der Waals surface area contributed by atoms with Crippen molar-refractivity contribution < 1.29 is 9.90 Å². The van der Waals surface area contributed by atoms with Crippen LogP contribution < -0.4 is 10.6 Å². The third-order valence-corrected chi connectivity index (χ3v) is 7.87. The van der Waals surface area contributed by atoms with Gasteiger partial charge in [-0.1, -0.05) is 76.2 Å². The molecule has 9 nitrogen and oxygen atoms in total. The molecule has 0 aliphatic carbocycles. The van der Waals surface area contributed by atoms with Crippen LogP contribution in [0.1, 0.15) is 57.6 Å². The van der Waals surface area contributed by atoms with Crippen molar-refractivity contribution in [3.8, 4) is 11.4 Å². The Morgan fingerprint density at radius 1 is 1.07 bits per heavy atom. The number of rotatable bonds is 7. The third-order valence-electron chi connectivity index (χ3n) is 6.45. The summed E-state index contributed by atoms with van der Waals surface area (Å²) in [5, 5.41) is 29.5. The van der Waals surface area contributed by atoms with Gasteiger partial charge in [-0.05, 0) is 35.9 Å². The minimum atomic E-state index is -0.378. The quantitative estimate of drug-likeness (QED) is 0.186. The first kappa shape index (κ1) is 28.5. The molecule has 2 aromatic carbocycles. The summed E-state index contributed by atoms with van der Waals surface area (Å²) >= 11 is 7.63. The van der Waals surface area contributed by atoms with Crippen LogP contribution in [0.3, 0.4) is 0 Å². The molecule has 212 valence electrons. The van der Waals surface area contributed by atoms with Gasteiger partial charge in [0.25, 0.3) is 0 Å². The zero-order valence-corrected chi connectivity index (χ0v) is 25.1. The second-order valence-corrected chi connectivity index (χ2v) is 12.6. The van der Waals surface area contributed by atoms with E-state index in [0.717, 1.165) is 32.5 Å². The Balaban J connectivity index is 1.33. The van der Waals surface area contributed by atoms with Crippen LogP contribution in [0.25, 0.3) is 11.3 Å². The molecular formula is C30H32ClN7O2S. The van der Waals surface area contributed by atoms with Crippen LogP contribution in [0.2, 0.25) is 5.02 Å². The van der Waals surface area contributed by atoms with E-state index >= 15 is 0 Å². The number of pyridine rings is 1. The number of phenolic OH excluding ortho intramolecular Hbond substituents is 1. The van der Waals surface area contributed by atoms with E-state index in [9.17, 15) is 9.90 Å². The summed E-state index contributed by atoms with van der Waals surface area (Å²) in [6, 6.07) is 18.3. The predicted molar refractivity (Wildman–Crippen MR) is 162 cm³/mol. The van der Waals surface area contributed by atoms with E-state index in [1.54, 1.807) is 28.6 Å². The number of fused-ring (bicyclic) bond motifs is 1. The van der Waals surface area contributed by atoms with Crippen molar-refractivity contribution >= 4 is 40.9 Å². The Labute approximate surface area is 248 Å². The topological polar surface area (TPSA) is 109 Å². The van der Waals surface area contributed by atoms with Crippen molar-refractivity contribution in [2.24, 2.45) is 0 Å². The van der Waals surface area contributed by atoms with E-state index in [4.69, 9.17) is 16.7 Å². The van der Waals surface area contributed by atoms with Gasteiger partial charge < -0.3 is 10.4 Å². The standard InChI is InChI=1S/C30H32ClN7O2S/c1-18(2)28-35-34-26-13-11-21(17-37(26)28)41-24-9-7-6-8-19(24)16-32-29(40)33-27-15-25(30(3,4)5)36-38(27)20-10-12-22(31)23(39)14-20/h6-15,17-18,39H,16H2,1-5H3,(H2,32,33,40). The van der Waals surface area contributed by atoms with Crippen molar-refractivity contribution in [1.82, 2.24) is 29.7 Å². The van der Waals surface area contributed by atoms with Crippen molar-refractivity contribution in [2.75, 3.05) is 5.32 Å².